The van der Waals surface area contributed by atoms with E-state index in [-0.39, 0.29) is 0 Å². The number of aromatic amines is 1. The Hall–Kier alpha value is -3.08. The van der Waals surface area contributed by atoms with Crippen LogP contribution >= 0.6 is 0 Å². The lowest BCUT2D eigenvalue weighted by Gasteiger charge is -2.07. The van der Waals surface area contributed by atoms with E-state index in [0.717, 1.165) is 34.2 Å². The number of H-pyrrole nitrogens is 1. The molecule has 0 amide bonds. The topological polar surface area (TPSA) is 78.0 Å². The lowest BCUT2D eigenvalue weighted by atomic mass is 10.1. The Morgan fingerprint density at radius 2 is 1.95 bits per heavy atom. The monoisotopic (exact) mass is 293 g/mol. The fourth-order valence-corrected chi connectivity index (χ4v) is 2.23. The Labute approximate surface area is 127 Å². The van der Waals surface area contributed by atoms with Crippen LogP contribution in [-0.2, 0) is 11.3 Å². The number of nitrogens with zero attached hydrogens (tertiary/aromatic N) is 1. The minimum Gasteiger partial charge on any atom is -0.478 e. The first kappa shape index (κ1) is 13.9. The number of anilines is 1. The molecule has 1 heterocycles. The predicted octanol–water partition coefficient (Wildman–Crippen LogP) is 3.27. The van der Waals surface area contributed by atoms with Gasteiger partial charge in [0.05, 0.1) is 17.6 Å². The maximum atomic E-state index is 10.6. The molecule has 0 aliphatic heterocycles. The van der Waals surface area contributed by atoms with Crippen molar-refractivity contribution in [2.75, 3.05) is 5.32 Å². The molecule has 0 radical (unpaired) electrons. The van der Waals surface area contributed by atoms with E-state index in [4.69, 9.17) is 5.11 Å². The molecule has 110 valence electrons. The van der Waals surface area contributed by atoms with Crippen molar-refractivity contribution in [3.8, 4) is 0 Å². The fraction of sp³-hybridized carbons (Fsp3) is 0.0588. The van der Waals surface area contributed by atoms with Gasteiger partial charge in [0, 0.05) is 11.8 Å². The summed E-state index contributed by atoms with van der Waals surface area (Å²) in [6.07, 6.45) is 2.70. The van der Waals surface area contributed by atoms with Crippen LogP contribution in [0.1, 0.15) is 11.4 Å². The molecule has 0 atom stereocenters. The average Bonchev–Trinajstić information content (AvgIpc) is 2.94. The summed E-state index contributed by atoms with van der Waals surface area (Å²) < 4.78 is 0. The molecule has 22 heavy (non-hydrogen) atoms. The van der Waals surface area contributed by atoms with Crippen molar-refractivity contribution < 1.29 is 9.90 Å². The number of carboxylic acids is 1. The Bertz CT molecular complexity index is 804. The minimum absolute atomic E-state index is 0.534. The largest absolute Gasteiger partial charge is 0.478 e. The normalized spacial score (nSPS) is 11.1. The maximum absolute atomic E-state index is 10.6. The van der Waals surface area contributed by atoms with E-state index in [9.17, 15) is 4.79 Å². The molecule has 0 saturated carbocycles. The number of hydrogen-bond acceptors (Lipinski definition) is 3. The van der Waals surface area contributed by atoms with Crippen molar-refractivity contribution >= 4 is 28.8 Å². The first-order valence-corrected chi connectivity index (χ1v) is 6.90. The summed E-state index contributed by atoms with van der Waals surface area (Å²) in [5.74, 6) is -0.134. The first-order valence-electron chi connectivity index (χ1n) is 6.90. The van der Waals surface area contributed by atoms with Crippen LogP contribution in [0, 0.1) is 0 Å². The van der Waals surface area contributed by atoms with Crippen LogP contribution in [0.15, 0.2) is 54.6 Å². The summed E-state index contributed by atoms with van der Waals surface area (Å²) in [5.41, 5.74) is 3.61. The third-order valence-electron chi connectivity index (χ3n) is 3.25. The highest BCUT2D eigenvalue weighted by Crippen LogP contribution is 2.18. The Balaban J connectivity index is 1.77. The summed E-state index contributed by atoms with van der Waals surface area (Å²) in [5, 5.41) is 12.0. The molecule has 0 aliphatic rings. The van der Waals surface area contributed by atoms with E-state index in [0.29, 0.717) is 6.54 Å². The van der Waals surface area contributed by atoms with Gasteiger partial charge in [-0.3, -0.25) is 0 Å². The molecule has 0 saturated heterocycles. The van der Waals surface area contributed by atoms with Gasteiger partial charge in [-0.2, -0.15) is 0 Å². The van der Waals surface area contributed by atoms with Crippen molar-refractivity contribution in [1.82, 2.24) is 9.97 Å². The molecular formula is C17H15N3O2. The van der Waals surface area contributed by atoms with Crippen molar-refractivity contribution in [2.24, 2.45) is 0 Å². The molecule has 5 nitrogen and oxygen atoms in total. The van der Waals surface area contributed by atoms with Crippen molar-refractivity contribution in [3.63, 3.8) is 0 Å². The maximum Gasteiger partial charge on any atom is 0.328 e. The second kappa shape index (κ2) is 6.13. The number of nitrogens with one attached hydrogen (secondary N) is 2. The van der Waals surface area contributed by atoms with Gasteiger partial charge in [0.25, 0.3) is 0 Å². The van der Waals surface area contributed by atoms with Gasteiger partial charge in [-0.25, -0.2) is 9.78 Å². The smallest absolute Gasteiger partial charge is 0.328 e. The fourth-order valence-electron chi connectivity index (χ4n) is 2.23. The van der Waals surface area contributed by atoms with Crippen LogP contribution in [-0.4, -0.2) is 21.0 Å². The van der Waals surface area contributed by atoms with E-state index in [2.05, 4.69) is 15.3 Å². The summed E-state index contributed by atoms with van der Waals surface area (Å²) in [6, 6.07) is 15.4. The second-order valence-electron chi connectivity index (χ2n) is 4.81. The Morgan fingerprint density at radius 1 is 1.18 bits per heavy atom. The SMILES string of the molecule is O=C(O)C=Cc1ccccc1NCc1nc2ccccc2[nH]1. The first-order chi connectivity index (χ1) is 10.7. The Morgan fingerprint density at radius 3 is 2.77 bits per heavy atom. The number of rotatable bonds is 5. The number of fused-ring (bicyclic) bond motifs is 1. The lowest BCUT2D eigenvalue weighted by molar-refractivity contribution is -0.131. The molecule has 0 aliphatic carbocycles. The van der Waals surface area contributed by atoms with Crippen LogP contribution in [0.5, 0.6) is 0 Å². The van der Waals surface area contributed by atoms with Gasteiger partial charge < -0.3 is 15.4 Å². The van der Waals surface area contributed by atoms with Gasteiger partial charge in [0.1, 0.15) is 5.82 Å². The van der Waals surface area contributed by atoms with Gasteiger partial charge in [0.2, 0.25) is 0 Å². The summed E-state index contributed by atoms with van der Waals surface area (Å²) in [7, 11) is 0. The van der Waals surface area contributed by atoms with Crippen LogP contribution in [0.2, 0.25) is 0 Å². The van der Waals surface area contributed by atoms with Crippen molar-refractivity contribution in [2.45, 2.75) is 6.54 Å². The molecule has 3 N–H and O–H groups in total. The van der Waals surface area contributed by atoms with Crippen LogP contribution in [0.4, 0.5) is 5.69 Å². The third kappa shape index (κ3) is 3.15. The second-order valence-corrected chi connectivity index (χ2v) is 4.81. The molecule has 0 unspecified atom stereocenters. The number of hydrogen-bond donors (Lipinski definition) is 3. The van der Waals surface area contributed by atoms with Crippen molar-refractivity contribution in [3.05, 3.63) is 66.0 Å². The number of imidazole rings is 1. The zero-order valence-electron chi connectivity index (χ0n) is 11.8. The van der Waals surface area contributed by atoms with Gasteiger partial charge >= 0.3 is 5.97 Å². The molecule has 3 rings (SSSR count). The van der Waals surface area contributed by atoms with Gasteiger partial charge in [-0.1, -0.05) is 30.3 Å². The van der Waals surface area contributed by atoms with Gasteiger partial charge in [-0.15, -0.1) is 0 Å². The number of benzene rings is 2. The summed E-state index contributed by atoms with van der Waals surface area (Å²) in [4.78, 5) is 18.4. The quantitative estimate of drug-likeness (QED) is 0.631. The highest BCUT2D eigenvalue weighted by Gasteiger charge is 2.03. The molecule has 0 spiro atoms. The van der Waals surface area contributed by atoms with Gasteiger partial charge in [0.15, 0.2) is 0 Å². The molecule has 3 aromatic rings. The van der Waals surface area contributed by atoms with Crippen LogP contribution < -0.4 is 5.32 Å². The van der Waals surface area contributed by atoms with Crippen LogP contribution in [0.3, 0.4) is 0 Å². The molecular weight excluding hydrogens is 278 g/mol. The van der Waals surface area contributed by atoms with E-state index >= 15 is 0 Å². The summed E-state index contributed by atoms with van der Waals surface area (Å²) >= 11 is 0. The standard InChI is InChI=1S/C17H15N3O2/c21-17(22)10-9-12-5-1-2-6-13(12)18-11-16-19-14-7-3-4-8-15(14)20-16/h1-10,18H,11H2,(H,19,20)(H,21,22). The predicted molar refractivity (Wildman–Crippen MR) is 86.5 cm³/mol. The minimum atomic E-state index is -0.966. The zero-order valence-corrected chi connectivity index (χ0v) is 11.8. The molecule has 0 bridgehead atoms. The average molecular weight is 293 g/mol. The van der Waals surface area contributed by atoms with E-state index in [1.54, 1.807) is 6.08 Å². The number of carbonyl (C=O) groups is 1. The molecule has 1 aromatic heterocycles. The molecule has 2 aromatic carbocycles. The highest BCUT2D eigenvalue weighted by atomic mass is 16.4. The lowest BCUT2D eigenvalue weighted by Crippen LogP contribution is -2.02. The van der Waals surface area contributed by atoms with Crippen LogP contribution in [0.25, 0.3) is 17.1 Å². The number of aliphatic carboxylic acids is 1. The van der Waals surface area contributed by atoms with Crippen molar-refractivity contribution in [1.29, 1.82) is 0 Å². The Kier molecular flexibility index (Phi) is 3.87. The third-order valence-corrected chi connectivity index (χ3v) is 3.25. The van der Waals surface area contributed by atoms with E-state index in [1.165, 1.54) is 0 Å². The highest BCUT2D eigenvalue weighted by molar-refractivity contribution is 5.86. The van der Waals surface area contributed by atoms with Gasteiger partial charge in [-0.05, 0) is 29.8 Å². The number of carboxylic acid groups (broad SMARTS) is 1. The van der Waals surface area contributed by atoms with E-state index in [1.807, 2.05) is 48.5 Å². The summed E-state index contributed by atoms with van der Waals surface area (Å²) in [6.45, 7) is 0.534. The van der Waals surface area contributed by atoms with E-state index < -0.39 is 5.97 Å². The number of para-hydroxylation sites is 3. The molecule has 5 heteroatoms. The zero-order chi connectivity index (χ0) is 15.4. The number of aromatic nitrogens is 2. The molecule has 0 fully saturated rings.